The molecule has 9 heteroatoms. The van der Waals surface area contributed by atoms with Gasteiger partial charge in [-0.3, -0.25) is 0 Å². The van der Waals surface area contributed by atoms with Crippen LogP contribution in [0.5, 0.6) is 0 Å². The molecule has 24 heavy (non-hydrogen) atoms. The summed E-state index contributed by atoms with van der Waals surface area (Å²) >= 11 is 0. The summed E-state index contributed by atoms with van der Waals surface area (Å²) in [4.78, 5) is 35.6. The lowest BCUT2D eigenvalue weighted by Crippen LogP contribution is -2.50. The maximum absolute atomic E-state index is 12.0. The molecule has 2 rings (SSSR count). The van der Waals surface area contributed by atoms with Gasteiger partial charge in [0.25, 0.3) is 0 Å². The summed E-state index contributed by atoms with van der Waals surface area (Å²) in [5.41, 5.74) is 0.524. The Morgan fingerprint density at radius 2 is 1.92 bits per heavy atom. The van der Waals surface area contributed by atoms with Crippen LogP contribution in [0, 0.1) is 5.21 Å². The third-order valence-corrected chi connectivity index (χ3v) is 3.25. The second kappa shape index (κ2) is 7.44. The molecule has 2 amide bonds. The zero-order chi connectivity index (χ0) is 17.7. The van der Waals surface area contributed by atoms with Crippen LogP contribution in [0.1, 0.15) is 24.2 Å². The lowest BCUT2D eigenvalue weighted by molar-refractivity contribution is -0.605. The van der Waals surface area contributed by atoms with Gasteiger partial charge < -0.3 is 25.3 Å². The van der Waals surface area contributed by atoms with Crippen LogP contribution in [-0.2, 0) is 14.3 Å². The van der Waals surface area contributed by atoms with Crippen LogP contribution in [0.15, 0.2) is 35.8 Å². The van der Waals surface area contributed by atoms with Crippen molar-refractivity contribution in [3.8, 4) is 0 Å². The monoisotopic (exact) mass is 335 g/mol. The standard InChI is InChI=1S/C15H17N3O6/c1-3-23-14(20)12-9(2)16-15(21)17-11(12)8-24-13(19)10-4-6-18(22)7-5-10/h4-7,9H,3,8H2,1-2H3,(H2,16,17,21)/t9-/m0/s1. The number of aromatic nitrogens is 1. The van der Waals surface area contributed by atoms with Gasteiger partial charge in [-0.25, -0.2) is 14.4 Å². The maximum Gasteiger partial charge on any atom is 0.338 e. The predicted molar refractivity (Wildman–Crippen MR) is 80.5 cm³/mol. The Kier molecular flexibility index (Phi) is 5.35. The number of pyridine rings is 1. The highest BCUT2D eigenvalue weighted by molar-refractivity contribution is 5.95. The number of nitrogens with zero attached hydrogens (tertiary/aromatic N) is 1. The van der Waals surface area contributed by atoms with Gasteiger partial charge >= 0.3 is 18.0 Å². The summed E-state index contributed by atoms with van der Waals surface area (Å²) in [6.45, 7) is 3.15. The molecule has 1 aromatic rings. The zero-order valence-electron chi connectivity index (χ0n) is 13.2. The van der Waals surface area contributed by atoms with Crippen LogP contribution in [-0.4, -0.2) is 37.2 Å². The first kappa shape index (κ1) is 17.3. The van der Waals surface area contributed by atoms with Gasteiger partial charge in [-0.1, -0.05) is 0 Å². The van der Waals surface area contributed by atoms with E-state index in [-0.39, 0.29) is 30.0 Å². The molecule has 0 spiro atoms. The first-order valence-corrected chi connectivity index (χ1v) is 7.26. The molecule has 0 unspecified atom stereocenters. The lowest BCUT2D eigenvalue weighted by Gasteiger charge is -2.26. The highest BCUT2D eigenvalue weighted by Crippen LogP contribution is 2.15. The molecule has 0 saturated heterocycles. The van der Waals surface area contributed by atoms with Crippen molar-refractivity contribution in [3.05, 3.63) is 46.6 Å². The first-order valence-electron chi connectivity index (χ1n) is 7.26. The van der Waals surface area contributed by atoms with Crippen molar-refractivity contribution in [3.63, 3.8) is 0 Å². The highest BCUT2D eigenvalue weighted by atomic mass is 16.5. The predicted octanol–water partition coefficient (Wildman–Crippen LogP) is -0.00470. The average molecular weight is 335 g/mol. The van der Waals surface area contributed by atoms with E-state index in [1.807, 2.05) is 0 Å². The Morgan fingerprint density at radius 1 is 1.25 bits per heavy atom. The van der Waals surface area contributed by atoms with Gasteiger partial charge in [0.2, 0.25) is 0 Å². The molecule has 1 aliphatic heterocycles. The van der Waals surface area contributed by atoms with E-state index < -0.39 is 24.0 Å². The molecule has 2 N–H and O–H groups in total. The fourth-order valence-corrected chi connectivity index (χ4v) is 2.16. The van der Waals surface area contributed by atoms with E-state index in [2.05, 4.69) is 10.6 Å². The Bertz CT molecular complexity index is 683. The molecule has 1 aromatic heterocycles. The molecule has 0 aromatic carbocycles. The van der Waals surface area contributed by atoms with Crippen molar-refractivity contribution in [1.82, 2.24) is 10.6 Å². The van der Waals surface area contributed by atoms with E-state index in [1.165, 1.54) is 12.1 Å². The molecule has 0 fully saturated rings. The van der Waals surface area contributed by atoms with Crippen LogP contribution in [0.4, 0.5) is 4.79 Å². The van der Waals surface area contributed by atoms with E-state index in [0.717, 1.165) is 12.4 Å². The summed E-state index contributed by atoms with van der Waals surface area (Å²) in [5.74, 6) is -1.29. The topological polar surface area (TPSA) is 121 Å². The summed E-state index contributed by atoms with van der Waals surface area (Å²) in [7, 11) is 0. The average Bonchev–Trinajstić information content (AvgIpc) is 2.52. The van der Waals surface area contributed by atoms with E-state index in [4.69, 9.17) is 9.47 Å². The molecular weight excluding hydrogens is 318 g/mol. The minimum absolute atomic E-state index is 0.160. The van der Waals surface area contributed by atoms with E-state index in [1.54, 1.807) is 13.8 Å². The quantitative estimate of drug-likeness (QED) is 0.444. The van der Waals surface area contributed by atoms with Crippen molar-refractivity contribution in [2.75, 3.05) is 13.2 Å². The van der Waals surface area contributed by atoms with Crippen LogP contribution < -0.4 is 15.4 Å². The number of carbonyl (C=O) groups is 3. The largest absolute Gasteiger partial charge is 0.619 e. The number of ether oxygens (including phenoxy) is 2. The van der Waals surface area contributed by atoms with Gasteiger partial charge in [-0.05, 0) is 13.8 Å². The lowest BCUT2D eigenvalue weighted by atomic mass is 10.0. The van der Waals surface area contributed by atoms with Gasteiger partial charge in [0.1, 0.15) is 6.61 Å². The van der Waals surface area contributed by atoms with Gasteiger partial charge in [0, 0.05) is 12.1 Å². The second-order valence-electron chi connectivity index (χ2n) is 4.96. The van der Waals surface area contributed by atoms with Crippen molar-refractivity contribution in [2.24, 2.45) is 0 Å². The van der Waals surface area contributed by atoms with Crippen molar-refractivity contribution in [2.45, 2.75) is 19.9 Å². The van der Waals surface area contributed by atoms with Gasteiger partial charge in [0.15, 0.2) is 12.4 Å². The second-order valence-corrected chi connectivity index (χ2v) is 4.96. The Balaban J connectivity index is 2.15. The SMILES string of the molecule is CCOC(=O)C1=C(COC(=O)c2cc[n+]([O-])cc2)NC(=O)N[C@H]1C. The molecule has 0 aliphatic carbocycles. The summed E-state index contributed by atoms with van der Waals surface area (Å²) in [6, 6.07) is 1.52. The minimum atomic E-state index is -0.688. The summed E-state index contributed by atoms with van der Waals surface area (Å²) < 4.78 is 10.6. The van der Waals surface area contributed by atoms with Crippen LogP contribution in [0.25, 0.3) is 0 Å². The maximum atomic E-state index is 12.0. The molecule has 128 valence electrons. The van der Waals surface area contributed by atoms with Crippen LogP contribution >= 0.6 is 0 Å². The Labute approximate surface area is 137 Å². The van der Waals surface area contributed by atoms with E-state index >= 15 is 0 Å². The summed E-state index contributed by atoms with van der Waals surface area (Å²) in [6.07, 6.45) is 2.32. The molecule has 2 heterocycles. The number of nitrogens with one attached hydrogen (secondary N) is 2. The molecule has 1 atom stereocenters. The Morgan fingerprint density at radius 3 is 2.54 bits per heavy atom. The van der Waals surface area contributed by atoms with Gasteiger partial charge in [-0.2, -0.15) is 4.73 Å². The third-order valence-electron chi connectivity index (χ3n) is 3.25. The Hall–Kier alpha value is -3.10. The molecule has 0 saturated carbocycles. The first-order chi connectivity index (χ1) is 11.4. The molecular formula is C15H17N3O6. The van der Waals surface area contributed by atoms with Crippen molar-refractivity contribution in [1.29, 1.82) is 0 Å². The number of rotatable bonds is 5. The molecule has 0 radical (unpaired) electrons. The fraction of sp³-hybridized carbons (Fsp3) is 0.333. The number of amides is 2. The molecule has 9 nitrogen and oxygen atoms in total. The number of hydrogen-bond acceptors (Lipinski definition) is 6. The minimum Gasteiger partial charge on any atom is -0.619 e. The zero-order valence-corrected chi connectivity index (χ0v) is 13.2. The molecule has 0 bridgehead atoms. The number of esters is 2. The van der Waals surface area contributed by atoms with E-state index in [9.17, 15) is 19.6 Å². The van der Waals surface area contributed by atoms with Gasteiger partial charge in [0.05, 0.1) is 29.5 Å². The number of urea groups is 1. The highest BCUT2D eigenvalue weighted by Gasteiger charge is 2.30. The summed E-state index contributed by atoms with van der Waals surface area (Å²) in [5, 5.41) is 15.9. The van der Waals surface area contributed by atoms with Crippen LogP contribution in [0.2, 0.25) is 0 Å². The van der Waals surface area contributed by atoms with Crippen LogP contribution in [0.3, 0.4) is 0 Å². The van der Waals surface area contributed by atoms with E-state index in [0.29, 0.717) is 4.73 Å². The molecule has 1 aliphatic rings. The smallest absolute Gasteiger partial charge is 0.338 e. The van der Waals surface area contributed by atoms with Gasteiger partial charge in [-0.15, -0.1) is 0 Å². The van der Waals surface area contributed by atoms with Crippen molar-refractivity contribution >= 4 is 18.0 Å². The third kappa shape index (κ3) is 4.00. The number of carbonyl (C=O) groups excluding carboxylic acids is 3. The fourth-order valence-electron chi connectivity index (χ4n) is 2.16. The number of hydrogen-bond donors (Lipinski definition) is 2. The van der Waals surface area contributed by atoms with Crippen molar-refractivity contribution < 1.29 is 28.6 Å². The normalized spacial score (nSPS) is 16.9.